The van der Waals surface area contributed by atoms with Crippen LogP contribution < -0.4 is 4.74 Å². The molecule has 3 nitrogen and oxygen atoms in total. The van der Waals surface area contributed by atoms with E-state index in [1.807, 2.05) is 26.0 Å². The summed E-state index contributed by atoms with van der Waals surface area (Å²) in [7, 11) is 1.40. The van der Waals surface area contributed by atoms with E-state index >= 15 is 0 Å². The van der Waals surface area contributed by atoms with Crippen molar-refractivity contribution in [2.24, 2.45) is 0 Å². The Morgan fingerprint density at radius 1 is 1.40 bits per heavy atom. The van der Waals surface area contributed by atoms with Gasteiger partial charge in [0.15, 0.2) is 0 Å². The molecule has 0 N–H and O–H groups in total. The van der Waals surface area contributed by atoms with Crippen molar-refractivity contribution >= 4 is 5.97 Å². The van der Waals surface area contributed by atoms with Gasteiger partial charge >= 0.3 is 5.97 Å². The number of esters is 1. The van der Waals surface area contributed by atoms with Gasteiger partial charge in [0.25, 0.3) is 0 Å². The molecule has 80 valence electrons. The highest BCUT2D eigenvalue weighted by molar-refractivity contribution is 5.80. The maximum absolute atomic E-state index is 11.5. The zero-order valence-corrected chi connectivity index (χ0v) is 9.16. The monoisotopic (exact) mass is 206 g/mol. The molecule has 1 aromatic rings. The SMILES string of the molecule is COC(=O)C1COc2cc(C)c(C)cc21. The van der Waals surface area contributed by atoms with Crippen molar-refractivity contribution in [1.82, 2.24) is 0 Å². The number of rotatable bonds is 1. The first kappa shape index (κ1) is 10.0. The van der Waals surface area contributed by atoms with Crippen LogP contribution in [0, 0.1) is 13.8 Å². The van der Waals surface area contributed by atoms with E-state index in [0.717, 1.165) is 11.3 Å². The van der Waals surface area contributed by atoms with E-state index in [1.165, 1.54) is 18.2 Å². The van der Waals surface area contributed by atoms with Crippen LogP contribution in [-0.2, 0) is 9.53 Å². The van der Waals surface area contributed by atoms with Crippen LogP contribution in [0.3, 0.4) is 0 Å². The molecule has 0 aromatic heterocycles. The molecule has 2 rings (SSSR count). The van der Waals surface area contributed by atoms with E-state index in [0.29, 0.717) is 6.61 Å². The molecule has 1 aliphatic rings. The van der Waals surface area contributed by atoms with Crippen molar-refractivity contribution in [1.29, 1.82) is 0 Å². The van der Waals surface area contributed by atoms with E-state index in [-0.39, 0.29) is 11.9 Å². The minimum absolute atomic E-state index is 0.225. The molecule has 0 fully saturated rings. The third-order valence-corrected chi connectivity index (χ3v) is 2.89. The fourth-order valence-electron chi connectivity index (χ4n) is 1.81. The lowest BCUT2D eigenvalue weighted by Gasteiger charge is -2.07. The lowest BCUT2D eigenvalue weighted by molar-refractivity contribution is -0.142. The number of fused-ring (bicyclic) bond motifs is 1. The Labute approximate surface area is 89.0 Å². The van der Waals surface area contributed by atoms with Gasteiger partial charge in [0.05, 0.1) is 7.11 Å². The summed E-state index contributed by atoms with van der Waals surface area (Å²) in [6, 6.07) is 3.99. The largest absolute Gasteiger partial charge is 0.492 e. The van der Waals surface area contributed by atoms with E-state index in [9.17, 15) is 4.79 Å². The van der Waals surface area contributed by atoms with E-state index in [2.05, 4.69) is 0 Å². The standard InChI is InChI=1S/C12H14O3/c1-7-4-9-10(12(13)14-3)6-15-11(9)5-8(7)2/h4-5,10H,6H2,1-3H3. The molecule has 1 aromatic carbocycles. The first-order valence-corrected chi connectivity index (χ1v) is 4.95. The van der Waals surface area contributed by atoms with Crippen molar-refractivity contribution in [3.8, 4) is 5.75 Å². The number of hydrogen-bond acceptors (Lipinski definition) is 3. The number of benzene rings is 1. The van der Waals surface area contributed by atoms with Crippen LogP contribution in [0.25, 0.3) is 0 Å². The quantitative estimate of drug-likeness (QED) is 0.659. The minimum atomic E-state index is -0.260. The van der Waals surface area contributed by atoms with Crippen LogP contribution in [0.1, 0.15) is 22.6 Å². The number of carbonyl (C=O) groups is 1. The van der Waals surface area contributed by atoms with Gasteiger partial charge in [0, 0.05) is 5.56 Å². The van der Waals surface area contributed by atoms with Crippen LogP contribution in [0.2, 0.25) is 0 Å². The van der Waals surface area contributed by atoms with Gasteiger partial charge in [0.1, 0.15) is 18.3 Å². The van der Waals surface area contributed by atoms with Crippen molar-refractivity contribution in [3.63, 3.8) is 0 Å². The number of carbonyl (C=O) groups excluding carboxylic acids is 1. The Morgan fingerprint density at radius 3 is 2.73 bits per heavy atom. The van der Waals surface area contributed by atoms with Gasteiger partial charge in [-0.1, -0.05) is 6.07 Å². The lowest BCUT2D eigenvalue weighted by Crippen LogP contribution is -2.15. The smallest absolute Gasteiger partial charge is 0.316 e. The molecular weight excluding hydrogens is 192 g/mol. The highest BCUT2D eigenvalue weighted by Gasteiger charge is 2.31. The summed E-state index contributed by atoms with van der Waals surface area (Å²) in [6.45, 7) is 4.46. The summed E-state index contributed by atoms with van der Waals surface area (Å²) in [4.78, 5) is 11.5. The normalized spacial score (nSPS) is 18.2. The fraction of sp³-hybridized carbons (Fsp3) is 0.417. The molecule has 0 spiro atoms. The minimum Gasteiger partial charge on any atom is -0.492 e. The van der Waals surface area contributed by atoms with Gasteiger partial charge in [-0.3, -0.25) is 4.79 Å². The van der Waals surface area contributed by atoms with Crippen LogP contribution >= 0.6 is 0 Å². The Bertz CT molecular complexity index is 410. The van der Waals surface area contributed by atoms with Gasteiger partial charge in [-0.2, -0.15) is 0 Å². The van der Waals surface area contributed by atoms with E-state index in [4.69, 9.17) is 9.47 Å². The van der Waals surface area contributed by atoms with Crippen molar-refractivity contribution < 1.29 is 14.3 Å². The van der Waals surface area contributed by atoms with Crippen molar-refractivity contribution in [2.75, 3.05) is 13.7 Å². The summed E-state index contributed by atoms with van der Waals surface area (Å²) >= 11 is 0. The topological polar surface area (TPSA) is 35.5 Å². The number of methoxy groups -OCH3 is 1. The lowest BCUT2D eigenvalue weighted by atomic mass is 9.97. The highest BCUT2D eigenvalue weighted by Crippen LogP contribution is 2.36. The number of aryl methyl sites for hydroxylation is 2. The molecule has 1 aliphatic heterocycles. The van der Waals surface area contributed by atoms with Crippen LogP contribution in [0.15, 0.2) is 12.1 Å². The third kappa shape index (κ3) is 1.58. The second kappa shape index (κ2) is 3.57. The fourth-order valence-corrected chi connectivity index (χ4v) is 1.81. The number of ether oxygens (including phenoxy) is 2. The second-order valence-electron chi connectivity index (χ2n) is 3.86. The molecule has 15 heavy (non-hydrogen) atoms. The first-order valence-electron chi connectivity index (χ1n) is 4.95. The third-order valence-electron chi connectivity index (χ3n) is 2.89. The molecule has 0 saturated carbocycles. The molecule has 1 heterocycles. The molecule has 0 bridgehead atoms. The maximum atomic E-state index is 11.5. The molecular formula is C12H14O3. The highest BCUT2D eigenvalue weighted by atomic mass is 16.5. The van der Waals surface area contributed by atoms with E-state index < -0.39 is 0 Å². The molecule has 0 amide bonds. The van der Waals surface area contributed by atoms with Crippen LogP contribution in [0.5, 0.6) is 5.75 Å². The Kier molecular flexibility index (Phi) is 2.39. The summed E-state index contributed by atoms with van der Waals surface area (Å²) in [6.07, 6.45) is 0. The van der Waals surface area contributed by atoms with Gasteiger partial charge < -0.3 is 9.47 Å². The summed E-state index contributed by atoms with van der Waals surface area (Å²) in [5, 5.41) is 0. The first-order chi connectivity index (χ1) is 7.13. The van der Waals surface area contributed by atoms with Crippen molar-refractivity contribution in [2.45, 2.75) is 19.8 Å². The van der Waals surface area contributed by atoms with Crippen LogP contribution in [-0.4, -0.2) is 19.7 Å². The summed E-state index contributed by atoms with van der Waals surface area (Å²) in [5.74, 6) is 0.329. The maximum Gasteiger partial charge on any atom is 0.316 e. The van der Waals surface area contributed by atoms with E-state index in [1.54, 1.807) is 0 Å². The predicted molar refractivity (Wildman–Crippen MR) is 56.2 cm³/mol. The van der Waals surface area contributed by atoms with Gasteiger partial charge in [-0.25, -0.2) is 0 Å². The Balaban J connectivity index is 2.42. The summed E-state index contributed by atoms with van der Waals surface area (Å²) < 4.78 is 10.2. The number of hydrogen-bond donors (Lipinski definition) is 0. The Hall–Kier alpha value is -1.51. The zero-order valence-electron chi connectivity index (χ0n) is 9.16. The zero-order chi connectivity index (χ0) is 11.0. The molecule has 3 heteroatoms. The van der Waals surface area contributed by atoms with Gasteiger partial charge in [-0.15, -0.1) is 0 Å². The van der Waals surface area contributed by atoms with Crippen molar-refractivity contribution in [3.05, 3.63) is 28.8 Å². The molecule has 0 radical (unpaired) electrons. The average molecular weight is 206 g/mol. The Morgan fingerprint density at radius 2 is 2.07 bits per heavy atom. The van der Waals surface area contributed by atoms with Crippen LogP contribution in [0.4, 0.5) is 0 Å². The molecule has 1 atom stereocenters. The van der Waals surface area contributed by atoms with Gasteiger partial charge in [0.2, 0.25) is 0 Å². The summed E-state index contributed by atoms with van der Waals surface area (Å²) in [5.41, 5.74) is 3.30. The average Bonchev–Trinajstić information content (AvgIpc) is 2.61. The molecule has 0 saturated heterocycles. The van der Waals surface area contributed by atoms with Gasteiger partial charge in [-0.05, 0) is 31.0 Å². The molecule has 1 unspecified atom stereocenters. The molecule has 0 aliphatic carbocycles. The predicted octanol–water partition coefficient (Wildman–Crippen LogP) is 1.95. The second-order valence-corrected chi connectivity index (χ2v) is 3.86.